The van der Waals surface area contributed by atoms with Crippen LogP contribution in [0.3, 0.4) is 0 Å². The molecule has 1 atom stereocenters. The number of carbonyl (C=O) groups is 2. The lowest BCUT2D eigenvalue weighted by Gasteiger charge is -2.32. The number of aromatic nitrogens is 3. The largest absolute Gasteiger partial charge is 0.494 e. The summed E-state index contributed by atoms with van der Waals surface area (Å²) in [6.45, 7) is 4.74. The van der Waals surface area contributed by atoms with E-state index in [0.717, 1.165) is 27.8 Å². The fraction of sp³-hybridized carbons (Fsp3) is 0.333. The predicted molar refractivity (Wildman–Crippen MR) is 151 cm³/mol. The molecular formula is C30H31ClN4O5. The van der Waals surface area contributed by atoms with Crippen molar-refractivity contribution in [3.63, 3.8) is 0 Å². The molecule has 208 valence electrons. The summed E-state index contributed by atoms with van der Waals surface area (Å²) in [6.07, 6.45) is 0.484. The Bertz CT molecular complexity index is 1600. The van der Waals surface area contributed by atoms with Crippen molar-refractivity contribution in [3.05, 3.63) is 81.4 Å². The van der Waals surface area contributed by atoms with Gasteiger partial charge in [-0.3, -0.25) is 9.59 Å². The third-order valence-electron chi connectivity index (χ3n) is 7.20. The monoisotopic (exact) mass is 562 g/mol. The van der Waals surface area contributed by atoms with Crippen molar-refractivity contribution in [3.8, 4) is 11.5 Å². The summed E-state index contributed by atoms with van der Waals surface area (Å²) in [7, 11) is 3.36. The van der Waals surface area contributed by atoms with Gasteiger partial charge in [-0.05, 0) is 72.9 Å². The fourth-order valence-corrected chi connectivity index (χ4v) is 5.69. The first kappa shape index (κ1) is 27.5. The molecule has 5 rings (SSSR count). The highest BCUT2D eigenvalue weighted by Crippen LogP contribution is 2.38. The highest BCUT2D eigenvalue weighted by molar-refractivity contribution is 6.34. The Morgan fingerprint density at radius 2 is 1.95 bits per heavy atom. The molecule has 1 unspecified atom stereocenters. The van der Waals surface area contributed by atoms with Crippen LogP contribution in [0.2, 0.25) is 5.02 Å². The molecule has 1 aromatic heterocycles. The minimum absolute atomic E-state index is 0.000937. The van der Waals surface area contributed by atoms with E-state index in [2.05, 4.69) is 10.3 Å². The molecule has 0 saturated carbocycles. The highest BCUT2D eigenvalue weighted by atomic mass is 35.5. The van der Waals surface area contributed by atoms with Crippen molar-refractivity contribution in [1.29, 1.82) is 0 Å². The Morgan fingerprint density at radius 3 is 2.65 bits per heavy atom. The topological polar surface area (TPSA) is 107 Å². The van der Waals surface area contributed by atoms with Crippen LogP contribution in [0.15, 0.2) is 48.5 Å². The van der Waals surface area contributed by atoms with Crippen LogP contribution in [0.25, 0.3) is 11.0 Å². The highest BCUT2D eigenvalue weighted by Gasteiger charge is 2.29. The average Bonchev–Trinajstić information content (AvgIpc) is 3.30. The number of halogens is 1. The molecular weight excluding hydrogens is 532 g/mol. The normalized spacial score (nSPS) is 13.8. The lowest BCUT2D eigenvalue weighted by Crippen LogP contribution is -2.36. The van der Waals surface area contributed by atoms with E-state index < -0.39 is 11.9 Å². The Morgan fingerprint density at radius 1 is 1.15 bits per heavy atom. The summed E-state index contributed by atoms with van der Waals surface area (Å²) in [6, 6.07) is 14.8. The van der Waals surface area contributed by atoms with Gasteiger partial charge in [-0.1, -0.05) is 35.0 Å². The van der Waals surface area contributed by atoms with Crippen LogP contribution >= 0.6 is 11.6 Å². The molecule has 1 N–H and O–H groups in total. The number of fused-ring (bicyclic) bond motifs is 2. The minimum atomic E-state index is -0.909. The van der Waals surface area contributed by atoms with Crippen LogP contribution in [0, 0.1) is 0 Å². The Labute approximate surface area is 237 Å². The number of benzene rings is 3. The maximum Gasteiger partial charge on any atom is 0.304 e. The van der Waals surface area contributed by atoms with Gasteiger partial charge < -0.3 is 19.5 Å². The van der Waals surface area contributed by atoms with E-state index in [1.165, 1.54) is 0 Å². The molecule has 1 aliphatic rings. The van der Waals surface area contributed by atoms with Crippen LogP contribution in [-0.2, 0) is 24.8 Å². The lowest BCUT2D eigenvalue weighted by atomic mass is 9.82. The van der Waals surface area contributed by atoms with Gasteiger partial charge in [-0.25, -0.2) is 4.68 Å². The first-order chi connectivity index (χ1) is 19.2. The summed E-state index contributed by atoms with van der Waals surface area (Å²) >= 11 is 6.47. The molecule has 0 spiro atoms. The molecule has 2 heterocycles. The number of hydrogen-bond acceptors (Lipinski definition) is 6. The average molecular weight is 563 g/mol. The zero-order valence-electron chi connectivity index (χ0n) is 22.8. The van der Waals surface area contributed by atoms with E-state index in [4.69, 9.17) is 21.1 Å². The van der Waals surface area contributed by atoms with Crippen LogP contribution in [0.5, 0.6) is 11.5 Å². The maximum absolute atomic E-state index is 13.4. The summed E-state index contributed by atoms with van der Waals surface area (Å²) in [5, 5.41) is 18.5. The second-order valence-corrected chi connectivity index (χ2v) is 10.6. The van der Waals surface area contributed by atoms with Gasteiger partial charge in [-0.15, -0.1) is 5.10 Å². The first-order valence-corrected chi connectivity index (χ1v) is 13.5. The third-order valence-corrected chi connectivity index (χ3v) is 7.51. The summed E-state index contributed by atoms with van der Waals surface area (Å²) in [4.78, 5) is 27.2. The number of aryl methyl sites for hydroxylation is 1. The number of methoxy groups -OCH3 is 1. The molecule has 0 aliphatic carbocycles. The molecule has 0 radical (unpaired) electrons. The third kappa shape index (κ3) is 5.34. The van der Waals surface area contributed by atoms with Gasteiger partial charge >= 0.3 is 5.97 Å². The fourth-order valence-electron chi connectivity index (χ4n) is 5.44. The van der Waals surface area contributed by atoms with Gasteiger partial charge in [0.15, 0.2) is 0 Å². The molecule has 3 aromatic carbocycles. The molecule has 9 nitrogen and oxygen atoms in total. The number of rotatable bonds is 8. The molecule has 1 aliphatic heterocycles. The second-order valence-electron chi connectivity index (χ2n) is 10.2. The Kier molecular flexibility index (Phi) is 7.67. The number of ether oxygens (including phenoxy) is 2. The molecule has 4 aromatic rings. The van der Waals surface area contributed by atoms with Crippen LogP contribution in [0.1, 0.15) is 58.8 Å². The molecule has 1 amide bonds. The Balaban J connectivity index is 1.47. The van der Waals surface area contributed by atoms with E-state index in [0.29, 0.717) is 47.1 Å². The number of carboxylic acid groups (broad SMARTS) is 1. The van der Waals surface area contributed by atoms with E-state index in [9.17, 15) is 14.7 Å². The van der Waals surface area contributed by atoms with Gasteiger partial charge in [-0.2, -0.15) is 0 Å². The van der Waals surface area contributed by atoms with Gasteiger partial charge in [0.05, 0.1) is 30.2 Å². The molecule has 0 fully saturated rings. The van der Waals surface area contributed by atoms with Crippen LogP contribution in [0.4, 0.5) is 0 Å². The first-order valence-electron chi connectivity index (χ1n) is 13.1. The number of amides is 1. The quantitative estimate of drug-likeness (QED) is 0.313. The van der Waals surface area contributed by atoms with Gasteiger partial charge in [0.2, 0.25) is 0 Å². The Hall–Kier alpha value is -4.11. The van der Waals surface area contributed by atoms with E-state index in [1.807, 2.05) is 44.2 Å². The van der Waals surface area contributed by atoms with Crippen LogP contribution in [-0.4, -0.2) is 56.6 Å². The lowest BCUT2D eigenvalue weighted by molar-refractivity contribution is -0.137. The van der Waals surface area contributed by atoms with Crippen molar-refractivity contribution >= 4 is 34.5 Å². The molecule has 40 heavy (non-hydrogen) atoms. The van der Waals surface area contributed by atoms with Crippen molar-refractivity contribution < 1.29 is 24.2 Å². The zero-order chi connectivity index (χ0) is 28.6. The van der Waals surface area contributed by atoms with E-state index in [1.54, 1.807) is 41.9 Å². The van der Waals surface area contributed by atoms with Crippen LogP contribution < -0.4 is 9.47 Å². The van der Waals surface area contributed by atoms with Crippen molar-refractivity contribution in [2.24, 2.45) is 7.05 Å². The maximum atomic E-state index is 13.4. The zero-order valence-corrected chi connectivity index (χ0v) is 23.6. The summed E-state index contributed by atoms with van der Waals surface area (Å²) in [5.41, 5.74) is 5.55. The molecule has 0 bridgehead atoms. The molecule has 10 heteroatoms. The smallest absolute Gasteiger partial charge is 0.304 e. The summed E-state index contributed by atoms with van der Waals surface area (Å²) < 4.78 is 12.9. The predicted octanol–water partition coefficient (Wildman–Crippen LogP) is 5.22. The standard InChI is InChI=1S/C30H31ClN4O5/c1-17(2)40-20-8-9-23(25(31)14-20)30(38)35-11-10-21-18(16-35)6-5-7-22(21)24(15-28(36)37)19-12-26-29(27(13-19)39-4)34(3)33-32-26/h5-9,12-14,17,24H,10-11,15-16H2,1-4H3,(H,36,37). The minimum Gasteiger partial charge on any atom is -0.494 e. The summed E-state index contributed by atoms with van der Waals surface area (Å²) in [5.74, 6) is -0.299. The van der Waals surface area contributed by atoms with Gasteiger partial charge in [0.1, 0.15) is 22.5 Å². The van der Waals surface area contributed by atoms with Crippen molar-refractivity contribution in [2.75, 3.05) is 13.7 Å². The number of carbonyl (C=O) groups excluding carboxylic acids is 1. The van der Waals surface area contributed by atoms with Gasteiger partial charge in [0, 0.05) is 26.1 Å². The van der Waals surface area contributed by atoms with Gasteiger partial charge in [0.25, 0.3) is 5.91 Å². The molecule has 0 saturated heterocycles. The SMILES string of the molecule is COc1cc(C(CC(=O)O)c2cccc3c2CCN(C(=O)c2ccc(OC(C)C)cc2Cl)C3)cc2nnn(C)c12. The number of hydrogen-bond donors (Lipinski definition) is 1. The number of nitrogens with zero attached hydrogens (tertiary/aromatic N) is 4. The number of aliphatic carboxylic acids is 1. The van der Waals surface area contributed by atoms with Crippen molar-refractivity contribution in [1.82, 2.24) is 19.9 Å². The van der Waals surface area contributed by atoms with E-state index in [-0.39, 0.29) is 18.4 Å². The number of carboxylic acids is 1. The van der Waals surface area contributed by atoms with E-state index >= 15 is 0 Å². The van der Waals surface area contributed by atoms with Crippen molar-refractivity contribution in [2.45, 2.75) is 45.3 Å². The second kappa shape index (κ2) is 11.2.